The largest absolute Gasteiger partial charge is 0.485 e. The van der Waals surface area contributed by atoms with Crippen molar-refractivity contribution in [2.75, 3.05) is 36.8 Å². The molecule has 3 aromatic rings. The molecular formula is C26H32FN5O2S. The number of rotatable bonds is 8. The molecule has 1 fully saturated rings. The van der Waals surface area contributed by atoms with Crippen molar-refractivity contribution in [2.24, 2.45) is 0 Å². The number of piperazine rings is 1. The molecule has 0 N–H and O–H groups in total. The third-order valence-electron chi connectivity index (χ3n) is 6.15. The monoisotopic (exact) mass is 497 g/mol. The second kappa shape index (κ2) is 11.1. The van der Waals surface area contributed by atoms with E-state index in [-0.39, 0.29) is 17.8 Å². The molecule has 186 valence electrons. The lowest BCUT2D eigenvalue weighted by molar-refractivity contribution is -0.128. The number of benzene rings is 2. The van der Waals surface area contributed by atoms with Crippen molar-refractivity contribution in [3.05, 3.63) is 65.2 Å². The molecule has 1 saturated heterocycles. The number of thioether (sulfide) groups is 1. The van der Waals surface area contributed by atoms with Crippen molar-refractivity contribution >= 4 is 23.4 Å². The van der Waals surface area contributed by atoms with E-state index in [1.165, 1.54) is 23.9 Å². The molecule has 2 aromatic carbocycles. The van der Waals surface area contributed by atoms with Crippen molar-refractivity contribution in [2.45, 2.75) is 45.5 Å². The Hall–Kier alpha value is -3.07. The highest BCUT2D eigenvalue weighted by Crippen LogP contribution is 2.26. The highest BCUT2D eigenvalue weighted by molar-refractivity contribution is 7.99. The lowest BCUT2D eigenvalue weighted by atomic mass is 10.1. The van der Waals surface area contributed by atoms with E-state index in [9.17, 15) is 9.18 Å². The van der Waals surface area contributed by atoms with Crippen LogP contribution in [0, 0.1) is 19.7 Å². The Morgan fingerprint density at radius 3 is 2.31 bits per heavy atom. The van der Waals surface area contributed by atoms with Crippen LogP contribution in [0.15, 0.2) is 47.6 Å². The Bertz CT molecular complexity index is 1140. The minimum atomic E-state index is -0.242. The number of para-hydroxylation sites is 1. The molecule has 0 radical (unpaired) electrons. The maximum atomic E-state index is 13.2. The van der Waals surface area contributed by atoms with Crippen molar-refractivity contribution in [3.8, 4) is 5.75 Å². The molecule has 0 aliphatic carbocycles. The summed E-state index contributed by atoms with van der Waals surface area (Å²) in [5.74, 6) is 1.76. The molecule has 0 spiro atoms. The van der Waals surface area contributed by atoms with Gasteiger partial charge >= 0.3 is 0 Å². The van der Waals surface area contributed by atoms with Crippen LogP contribution in [0.1, 0.15) is 36.8 Å². The highest BCUT2D eigenvalue weighted by atomic mass is 32.2. The number of halogens is 1. The first-order chi connectivity index (χ1) is 16.8. The molecule has 0 atom stereocenters. The molecule has 1 aromatic heterocycles. The number of nitrogens with zero attached hydrogens (tertiary/aromatic N) is 5. The fourth-order valence-electron chi connectivity index (χ4n) is 4.27. The number of hydrogen-bond donors (Lipinski definition) is 0. The van der Waals surface area contributed by atoms with Gasteiger partial charge in [-0.1, -0.05) is 30.0 Å². The van der Waals surface area contributed by atoms with E-state index in [1.54, 1.807) is 12.1 Å². The second-order valence-electron chi connectivity index (χ2n) is 9.01. The Morgan fingerprint density at radius 1 is 1.03 bits per heavy atom. The molecule has 2 heterocycles. The maximum Gasteiger partial charge on any atom is 0.233 e. The normalized spacial score (nSPS) is 14.0. The van der Waals surface area contributed by atoms with Gasteiger partial charge in [0.1, 0.15) is 18.2 Å². The maximum absolute atomic E-state index is 13.2. The van der Waals surface area contributed by atoms with Crippen LogP contribution < -0.4 is 9.64 Å². The first-order valence-electron chi connectivity index (χ1n) is 11.9. The van der Waals surface area contributed by atoms with E-state index in [0.29, 0.717) is 25.4 Å². The zero-order valence-electron chi connectivity index (χ0n) is 20.7. The lowest BCUT2D eigenvalue weighted by Crippen LogP contribution is -2.49. The van der Waals surface area contributed by atoms with Crippen molar-refractivity contribution in [3.63, 3.8) is 0 Å². The molecule has 35 heavy (non-hydrogen) atoms. The SMILES string of the molecule is Cc1cccc(C)c1OCc1nnc(SCC(=O)N2CCN(c3ccc(F)cc3)CC2)n1C(C)C. The summed E-state index contributed by atoms with van der Waals surface area (Å²) in [4.78, 5) is 16.9. The molecular weight excluding hydrogens is 465 g/mol. The van der Waals surface area contributed by atoms with Crippen molar-refractivity contribution in [1.82, 2.24) is 19.7 Å². The van der Waals surface area contributed by atoms with Gasteiger partial charge in [0.2, 0.25) is 5.91 Å². The van der Waals surface area contributed by atoms with E-state index in [1.807, 2.05) is 41.5 Å². The standard InChI is InChI=1S/C26H32FN5O2S/c1-18(2)32-23(16-34-25-19(3)6-5-7-20(25)4)28-29-26(32)35-17-24(33)31-14-12-30(13-15-31)22-10-8-21(27)9-11-22/h5-11,18H,12-17H2,1-4H3. The summed E-state index contributed by atoms with van der Waals surface area (Å²) in [6.07, 6.45) is 0. The molecule has 1 aliphatic rings. The molecule has 9 heteroatoms. The lowest BCUT2D eigenvalue weighted by Gasteiger charge is -2.36. The smallest absolute Gasteiger partial charge is 0.233 e. The van der Waals surface area contributed by atoms with Gasteiger partial charge < -0.3 is 19.1 Å². The van der Waals surface area contributed by atoms with Crippen LogP contribution in [0.3, 0.4) is 0 Å². The van der Waals surface area contributed by atoms with Gasteiger partial charge in [0.15, 0.2) is 11.0 Å². The zero-order valence-corrected chi connectivity index (χ0v) is 21.5. The van der Waals surface area contributed by atoms with E-state index in [4.69, 9.17) is 4.74 Å². The summed E-state index contributed by atoms with van der Waals surface area (Å²) in [7, 11) is 0. The van der Waals surface area contributed by atoms with E-state index < -0.39 is 0 Å². The molecule has 0 saturated carbocycles. The van der Waals surface area contributed by atoms with E-state index in [2.05, 4.69) is 28.9 Å². The minimum absolute atomic E-state index is 0.0837. The van der Waals surface area contributed by atoms with Gasteiger partial charge in [-0.2, -0.15) is 0 Å². The van der Waals surface area contributed by atoms with Crippen LogP contribution >= 0.6 is 11.8 Å². The van der Waals surface area contributed by atoms with Crippen LogP contribution in [-0.4, -0.2) is 57.5 Å². The summed E-state index contributed by atoms with van der Waals surface area (Å²) < 4.78 is 21.3. The summed E-state index contributed by atoms with van der Waals surface area (Å²) in [5, 5.41) is 9.44. The predicted octanol–water partition coefficient (Wildman–Crippen LogP) is 4.63. The number of amides is 1. The van der Waals surface area contributed by atoms with Gasteiger partial charge in [-0.3, -0.25) is 4.79 Å². The Morgan fingerprint density at radius 2 is 1.69 bits per heavy atom. The van der Waals surface area contributed by atoms with Crippen molar-refractivity contribution < 1.29 is 13.9 Å². The molecule has 1 amide bonds. The number of anilines is 1. The Balaban J connectivity index is 1.33. The Labute approximate surface area is 210 Å². The minimum Gasteiger partial charge on any atom is -0.485 e. The highest BCUT2D eigenvalue weighted by Gasteiger charge is 2.23. The zero-order chi connectivity index (χ0) is 24.9. The summed E-state index contributed by atoms with van der Waals surface area (Å²) >= 11 is 1.41. The van der Waals surface area contributed by atoms with Gasteiger partial charge in [0.05, 0.1) is 5.75 Å². The number of carbonyl (C=O) groups excluding carboxylic acids is 1. The van der Waals surface area contributed by atoms with E-state index in [0.717, 1.165) is 46.6 Å². The van der Waals surface area contributed by atoms with Gasteiger partial charge in [0.25, 0.3) is 0 Å². The Kier molecular flexibility index (Phi) is 7.95. The quantitative estimate of drug-likeness (QED) is 0.423. The number of carbonyl (C=O) groups is 1. The summed E-state index contributed by atoms with van der Waals surface area (Å²) in [6, 6.07) is 12.7. The van der Waals surface area contributed by atoms with Gasteiger partial charge in [0, 0.05) is 37.9 Å². The fourth-order valence-corrected chi connectivity index (χ4v) is 5.26. The van der Waals surface area contributed by atoms with Crippen LogP contribution in [0.2, 0.25) is 0 Å². The fraction of sp³-hybridized carbons (Fsp3) is 0.423. The topological polar surface area (TPSA) is 63.5 Å². The number of hydrogen-bond acceptors (Lipinski definition) is 6. The number of aromatic nitrogens is 3. The summed E-state index contributed by atoms with van der Waals surface area (Å²) in [5.41, 5.74) is 3.15. The van der Waals surface area contributed by atoms with Crippen molar-refractivity contribution in [1.29, 1.82) is 0 Å². The number of aryl methyl sites for hydroxylation is 2. The average molecular weight is 498 g/mol. The van der Waals surface area contributed by atoms with Crippen LogP contribution in [0.4, 0.5) is 10.1 Å². The van der Waals surface area contributed by atoms with Crippen LogP contribution in [-0.2, 0) is 11.4 Å². The molecule has 7 nitrogen and oxygen atoms in total. The first-order valence-corrected chi connectivity index (χ1v) is 12.9. The van der Waals surface area contributed by atoms with Gasteiger partial charge in [-0.25, -0.2) is 4.39 Å². The van der Waals surface area contributed by atoms with Crippen LogP contribution in [0.25, 0.3) is 0 Å². The third kappa shape index (κ3) is 5.96. The van der Waals surface area contributed by atoms with E-state index >= 15 is 0 Å². The summed E-state index contributed by atoms with van der Waals surface area (Å²) in [6.45, 7) is 11.3. The molecule has 0 bridgehead atoms. The van der Waals surface area contributed by atoms with Gasteiger partial charge in [-0.05, 0) is 63.1 Å². The van der Waals surface area contributed by atoms with Crippen LogP contribution in [0.5, 0.6) is 5.75 Å². The second-order valence-corrected chi connectivity index (χ2v) is 9.95. The molecule has 0 unspecified atom stereocenters. The molecule has 1 aliphatic heterocycles. The number of ether oxygens (including phenoxy) is 1. The predicted molar refractivity (Wildman–Crippen MR) is 137 cm³/mol. The average Bonchev–Trinajstić information content (AvgIpc) is 3.26. The third-order valence-corrected chi connectivity index (χ3v) is 7.08. The molecule has 4 rings (SSSR count). The van der Waals surface area contributed by atoms with Gasteiger partial charge in [-0.15, -0.1) is 10.2 Å². The first kappa shape index (κ1) is 25.0.